The van der Waals surface area contributed by atoms with Crippen LogP contribution >= 0.6 is 0 Å². The summed E-state index contributed by atoms with van der Waals surface area (Å²) in [6, 6.07) is 6.73. The minimum absolute atomic E-state index is 0.230. The normalized spacial score (nSPS) is 10.8. The number of benzene rings is 1. The molecular formula is C16H20FNO2. The van der Waals surface area contributed by atoms with E-state index in [1.807, 2.05) is 13.0 Å². The molecule has 108 valence electrons. The number of ether oxygens (including phenoxy) is 1. The molecule has 0 saturated carbocycles. The molecule has 0 amide bonds. The van der Waals surface area contributed by atoms with Crippen molar-refractivity contribution in [2.75, 3.05) is 6.54 Å². The summed E-state index contributed by atoms with van der Waals surface area (Å²) in [5, 5.41) is 3.29. The first-order valence-corrected chi connectivity index (χ1v) is 6.85. The van der Waals surface area contributed by atoms with E-state index in [-0.39, 0.29) is 18.2 Å². The van der Waals surface area contributed by atoms with Gasteiger partial charge in [-0.1, -0.05) is 13.0 Å². The molecule has 1 aromatic heterocycles. The first kappa shape index (κ1) is 14.6. The van der Waals surface area contributed by atoms with E-state index in [0.29, 0.717) is 5.76 Å². The van der Waals surface area contributed by atoms with Crippen molar-refractivity contribution in [1.82, 2.24) is 5.32 Å². The highest BCUT2D eigenvalue weighted by Crippen LogP contribution is 2.20. The minimum Gasteiger partial charge on any atom is -0.483 e. The van der Waals surface area contributed by atoms with Crippen LogP contribution in [-0.4, -0.2) is 6.54 Å². The van der Waals surface area contributed by atoms with Crippen LogP contribution in [0.15, 0.2) is 34.9 Å². The first-order chi connectivity index (χ1) is 9.69. The second-order valence-corrected chi connectivity index (χ2v) is 4.82. The molecule has 2 rings (SSSR count). The van der Waals surface area contributed by atoms with Crippen molar-refractivity contribution >= 4 is 0 Å². The van der Waals surface area contributed by atoms with Gasteiger partial charge >= 0.3 is 0 Å². The number of aryl methyl sites for hydroxylation is 1. The van der Waals surface area contributed by atoms with E-state index in [2.05, 4.69) is 12.2 Å². The monoisotopic (exact) mass is 277 g/mol. The second kappa shape index (κ2) is 7.10. The van der Waals surface area contributed by atoms with Gasteiger partial charge in [-0.25, -0.2) is 4.39 Å². The summed E-state index contributed by atoms with van der Waals surface area (Å²) in [4.78, 5) is 0. The third-order valence-corrected chi connectivity index (χ3v) is 2.92. The zero-order valence-electron chi connectivity index (χ0n) is 11.9. The molecule has 0 radical (unpaired) electrons. The predicted molar refractivity (Wildman–Crippen MR) is 76.2 cm³/mol. The van der Waals surface area contributed by atoms with Crippen molar-refractivity contribution < 1.29 is 13.5 Å². The Kier molecular flexibility index (Phi) is 5.18. The Balaban J connectivity index is 1.89. The van der Waals surface area contributed by atoms with Crippen LogP contribution in [0, 0.1) is 12.7 Å². The van der Waals surface area contributed by atoms with E-state index >= 15 is 0 Å². The number of halogens is 1. The van der Waals surface area contributed by atoms with Crippen molar-refractivity contribution in [1.29, 1.82) is 0 Å². The maximum absolute atomic E-state index is 13.5. The van der Waals surface area contributed by atoms with Gasteiger partial charge < -0.3 is 14.5 Å². The predicted octanol–water partition coefficient (Wildman–Crippen LogP) is 3.81. The van der Waals surface area contributed by atoms with Gasteiger partial charge in [0.05, 0.1) is 6.26 Å². The van der Waals surface area contributed by atoms with Gasteiger partial charge in [0.15, 0.2) is 11.6 Å². The molecular weight excluding hydrogens is 257 g/mol. The standard InChI is InChI=1S/C16H20FNO2/c1-3-6-18-9-13-8-14(19-10-13)11-20-16-7-12(2)4-5-15(16)17/h4-5,7-8,10,18H,3,6,9,11H2,1-2H3. The fraction of sp³-hybridized carbons (Fsp3) is 0.375. The van der Waals surface area contributed by atoms with E-state index in [1.54, 1.807) is 18.4 Å². The van der Waals surface area contributed by atoms with Crippen LogP contribution in [0.2, 0.25) is 0 Å². The molecule has 0 bridgehead atoms. The lowest BCUT2D eigenvalue weighted by Crippen LogP contribution is -2.13. The topological polar surface area (TPSA) is 34.4 Å². The van der Waals surface area contributed by atoms with Gasteiger partial charge in [0.1, 0.15) is 12.4 Å². The molecule has 0 aliphatic rings. The molecule has 2 aromatic rings. The lowest BCUT2D eigenvalue weighted by atomic mass is 10.2. The highest BCUT2D eigenvalue weighted by Gasteiger charge is 2.06. The molecule has 1 aromatic carbocycles. The van der Waals surface area contributed by atoms with Gasteiger partial charge in [-0.05, 0) is 43.7 Å². The lowest BCUT2D eigenvalue weighted by Gasteiger charge is -2.06. The zero-order valence-corrected chi connectivity index (χ0v) is 11.9. The third-order valence-electron chi connectivity index (χ3n) is 2.92. The summed E-state index contributed by atoms with van der Waals surface area (Å²) < 4.78 is 24.4. The van der Waals surface area contributed by atoms with Gasteiger partial charge in [0.2, 0.25) is 0 Å². The molecule has 0 aliphatic heterocycles. The fourth-order valence-electron chi connectivity index (χ4n) is 1.87. The largest absolute Gasteiger partial charge is 0.483 e. The Morgan fingerprint density at radius 1 is 1.30 bits per heavy atom. The molecule has 0 atom stereocenters. The third kappa shape index (κ3) is 4.10. The van der Waals surface area contributed by atoms with Gasteiger partial charge in [0.25, 0.3) is 0 Å². The minimum atomic E-state index is -0.355. The van der Waals surface area contributed by atoms with Gasteiger partial charge in [-0.3, -0.25) is 0 Å². The average Bonchev–Trinajstić information content (AvgIpc) is 2.88. The SMILES string of the molecule is CCCNCc1coc(COc2cc(C)ccc2F)c1. The Morgan fingerprint density at radius 3 is 2.95 bits per heavy atom. The van der Waals surface area contributed by atoms with Gasteiger partial charge in [0, 0.05) is 12.1 Å². The average molecular weight is 277 g/mol. The van der Waals surface area contributed by atoms with Crippen LogP contribution in [0.3, 0.4) is 0 Å². The number of rotatable bonds is 7. The van der Waals surface area contributed by atoms with Crippen molar-refractivity contribution in [2.45, 2.75) is 33.4 Å². The van der Waals surface area contributed by atoms with Crippen molar-refractivity contribution in [2.24, 2.45) is 0 Å². The Morgan fingerprint density at radius 2 is 2.15 bits per heavy atom. The first-order valence-electron chi connectivity index (χ1n) is 6.85. The van der Waals surface area contributed by atoms with E-state index in [4.69, 9.17) is 9.15 Å². The smallest absolute Gasteiger partial charge is 0.165 e. The number of furan rings is 1. The van der Waals surface area contributed by atoms with Crippen LogP contribution in [0.5, 0.6) is 5.75 Å². The second-order valence-electron chi connectivity index (χ2n) is 4.82. The summed E-state index contributed by atoms with van der Waals surface area (Å²) in [5.74, 6) is 0.596. The van der Waals surface area contributed by atoms with Gasteiger partial charge in [-0.15, -0.1) is 0 Å². The number of hydrogen-bond donors (Lipinski definition) is 1. The van der Waals surface area contributed by atoms with E-state index in [0.717, 1.165) is 30.6 Å². The number of hydrogen-bond acceptors (Lipinski definition) is 3. The Bertz CT molecular complexity index is 551. The maximum Gasteiger partial charge on any atom is 0.165 e. The van der Waals surface area contributed by atoms with Crippen LogP contribution in [0.4, 0.5) is 4.39 Å². The van der Waals surface area contributed by atoms with Crippen LogP contribution < -0.4 is 10.1 Å². The van der Waals surface area contributed by atoms with Crippen molar-refractivity contribution in [3.8, 4) is 5.75 Å². The lowest BCUT2D eigenvalue weighted by molar-refractivity contribution is 0.258. The van der Waals surface area contributed by atoms with Crippen LogP contribution in [0.1, 0.15) is 30.2 Å². The molecule has 4 heteroatoms. The van der Waals surface area contributed by atoms with E-state index in [1.165, 1.54) is 6.07 Å². The van der Waals surface area contributed by atoms with Crippen LogP contribution in [0.25, 0.3) is 0 Å². The summed E-state index contributed by atoms with van der Waals surface area (Å²) in [7, 11) is 0. The molecule has 20 heavy (non-hydrogen) atoms. The molecule has 0 unspecified atom stereocenters. The summed E-state index contributed by atoms with van der Waals surface area (Å²) >= 11 is 0. The molecule has 3 nitrogen and oxygen atoms in total. The quantitative estimate of drug-likeness (QED) is 0.782. The highest BCUT2D eigenvalue weighted by atomic mass is 19.1. The zero-order chi connectivity index (χ0) is 14.4. The molecule has 1 heterocycles. The summed E-state index contributed by atoms with van der Waals surface area (Å²) in [5.41, 5.74) is 2.03. The molecule has 0 fully saturated rings. The molecule has 0 aliphatic carbocycles. The van der Waals surface area contributed by atoms with E-state index in [9.17, 15) is 4.39 Å². The van der Waals surface area contributed by atoms with Crippen LogP contribution in [-0.2, 0) is 13.2 Å². The van der Waals surface area contributed by atoms with Gasteiger partial charge in [-0.2, -0.15) is 0 Å². The van der Waals surface area contributed by atoms with Crippen molar-refractivity contribution in [3.63, 3.8) is 0 Å². The summed E-state index contributed by atoms with van der Waals surface area (Å²) in [6.45, 7) is 6.00. The molecule has 1 N–H and O–H groups in total. The van der Waals surface area contributed by atoms with E-state index < -0.39 is 0 Å². The maximum atomic E-state index is 13.5. The Labute approximate surface area is 118 Å². The fourth-order valence-corrected chi connectivity index (χ4v) is 1.87. The molecule has 0 saturated heterocycles. The Hall–Kier alpha value is -1.81. The number of nitrogens with one attached hydrogen (secondary N) is 1. The molecule has 0 spiro atoms. The highest BCUT2D eigenvalue weighted by molar-refractivity contribution is 5.29. The summed E-state index contributed by atoms with van der Waals surface area (Å²) in [6.07, 6.45) is 2.80. The van der Waals surface area contributed by atoms with Crippen molar-refractivity contribution in [3.05, 3.63) is 53.2 Å².